The molecule has 0 aliphatic rings. The van der Waals surface area contributed by atoms with E-state index >= 15 is 0 Å². The van der Waals surface area contributed by atoms with Gasteiger partial charge in [0.1, 0.15) is 5.82 Å². The van der Waals surface area contributed by atoms with Crippen LogP contribution in [0.2, 0.25) is 0 Å². The molecule has 1 aromatic carbocycles. The van der Waals surface area contributed by atoms with Crippen molar-refractivity contribution in [3.63, 3.8) is 0 Å². The fourth-order valence-electron chi connectivity index (χ4n) is 5.40. The summed E-state index contributed by atoms with van der Waals surface area (Å²) >= 11 is 0. The molecule has 0 amide bonds. The number of aliphatic hydroxyl groups excluding tert-OH is 4. The zero-order chi connectivity index (χ0) is 45.9. The van der Waals surface area contributed by atoms with Crippen LogP contribution in [0.1, 0.15) is 93.4 Å². The number of sulfonamides is 2. The van der Waals surface area contributed by atoms with Gasteiger partial charge < -0.3 is 40.2 Å². The Morgan fingerprint density at radius 2 is 1.08 bits per heavy atom. The second-order valence-electron chi connectivity index (χ2n) is 14.6. The molecule has 4 N–H and O–H groups in total. The minimum Gasteiger partial charge on any atom is -0.550 e. The molecular weight excluding hydrogens is 868 g/mol. The normalized spacial score (nSPS) is 14.0. The quantitative estimate of drug-likeness (QED) is 0.117. The molecule has 0 aliphatic carbocycles. The van der Waals surface area contributed by atoms with Crippen molar-refractivity contribution in [3.8, 4) is 11.3 Å². The SMILES string of the molecule is CC(C)c1nc(N(C)S(C)(=O)=O)nc(-c2ccc(F)cc2)c1/C=C/[C@@H](O)C[C@@H](O)CC(=O)[O-].Cc1nc(N(C)S(C)(=O)=O)nc(C(C)C)c1/C=C/[C@@H](O)C[C@@H](O)CC(=O)[O-].[Ca+2]. The topological polar surface area (TPSA) is 287 Å². The van der Waals surface area contributed by atoms with E-state index in [1.165, 1.54) is 56.6 Å². The zero-order valence-corrected chi connectivity index (χ0v) is 39.4. The molecule has 0 spiro atoms. The summed E-state index contributed by atoms with van der Waals surface area (Å²) in [7, 11) is -4.48. The predicted molar refractivity (Wildman–Crippen MR) is 225 cm³/mol. The molecule has 2 aromatic heterocycles. The van der Waals surface area contributed by atoms with Gasteiger partial charge in [-0.2, -0.15) is 0 Å². The molecule has 0 radical (unpaired) electrons. The number of carboxylic acid groups (broad SMARTS) is 2. The first kappa shape index (κ1) is 55.3. The number of aliphatic carboxylic acids is 2. The number of anilines is 2. The fraction of sp³-hybridized carbons (Fsp3) is 0.487. The van der Waals surface area contributed by atoms with Crippen molar-refractivity contribution >= 4 is 93.8 Å². The molecule has 61 heavy (non-hydrogen) atoms. The van der Waals surface area contributed by atoms with Gasteiger partial charge in [-0.05, 0) is 43.0 Å². The van der Waals surface area contributed by atoms with E-state index in [9.17, 15) is 61.5 Å². The van der Waals surface area contributed by atoms with E-state index in [1.54, 1.807) is 13.0 Å². The van der Waals surface area contributed by atoms with Gasteiger partial charge in [0.05, 0.1) is 59.7 Å². The number of aliphatic hydroxyl groups is 4. The van der Waals surface area contributed by atoms with Crippen LogP contribution >= 0.6 is 0 Å². The summed E-state index contributed by atoms with van der Waals surface area (Å²) in [6.45, 7) is 9.17. The van der Waals surface area contributed by atoms with Gasteiger partial charge in [0.2, 0.25) is 31.9 Å². The predicted octanol–water partition coefficient (Wildman–Crippen LogP) is 0.256. The summed E-state index contributed by atoms with van der Waals surface area (Å²) in [5, 5.41) is 60.6. The number of hydrogen-bond donors (Lipinski definition) is 4. The molecule has 0 saturated carbocycles. The number of nitrogens with zero attached hydrogens (tertiary/aromatic N) is 6. The summed E-state index contributed by atoms with van der Waals surface area (Å²) in [5.41, 5.74) is 3.52. The third-order valence-corrected chi connectivity index (χ3v) is 11.0. The number of aromatic nitrogens is 4. The van der Waals surface area contributed by atoms with E-state index in [-0.39, 0.29) is 74.3 Å². The van der Waals surface area contributed by atoms with E-state index < -0.39 is 75.1 Å². The molecule has 0 bridgehead atoms. The first-order chi connectivity index (χ1) is 27.6. The standard InChI is InChI=1S/C22H28FN3O6S.C17H27N3O6S.Ca/c1-13(2)20-18(10-9-16(27)11-17(28)12-19(29)30)21(14-5-7-15(23)8-6-14)25-22(24-20)26(3)33(4,31)32;1-10(2)16-14(7-6-12(21)8-13(22)9-15(23)24)11(3)18-17(19-16)20(4)27(5,25)26;/h5-10,13,16-17,27-28H,11-12H2,1-4H3,(H,29,30);6-7,10,12-13,21-22H,8-9H2,1-5H3,(H,23,24);/q;;+2/p-2/b10-9+;7-6+;/t16-,17-;12-,13-;/m11./s1. The van der Waals surface area contributed by atoms with Gasteiger partial charge in [0.15, 0.2) is 0 Å². The third-order valence-electron chi connectivity index (χ3n) is 8.69. The molecule has 0 unspecified atom stereocenters. The number of aryl methyl sites for hydroxylation is 1. The molecule has 4 atom stereocenters. The average Bonchev–Trinajstić information content (AvgIpc) is 3.11. The van der Waals surface area contributed by atoms with Gasteiger partial charge in [-0.15, -0.1) is 0 Å². The number of benzene rings is 1. The molecule has 3 aromatic rings. The molecule has 0 fully saturated rings. The monoisotopic (exact) mass is 920 g/mol. The van der Waals surface area contributed by atoms with Crippen molar-refractivity contribution in [2.45, 2.75) is 96.6 Å². The maximum Gasteiger partial charge on any atom is 2.00 e. The van der Waals surface area contributed by atoms with Crippen LogP contribution in [-0.4, -0.2) is 158 Å². The van der Waals surface area contributed by atoms with Crippen LogP contribution in [0.5, 0.6) is 0 Å². The number of carboxylic acids is 2. The summed E-state index contributed by atoms with van der Waals surface area (Å²) in [6, 6.07) is 5.46. The first-order valence-corrected chi connectivity index (χ1v) is 22.2. The number of carbonyl (C=O) groups excluding carboxylic acids is 2. The van der Waals surface area contributed by atoms with Crippen LogP contribution in [0.4, 0.5) is 16.3 Å². The minimum atomic E-state index is -3.66. The Bertz CT molecular complexity index is 2250. The van der Waals surface area contributed by atoms with Gasteiger partial charge in [-0.25, -0.2) is 49.8 Å². The summed E-state index contributed by atoms with van der Waals surface area (Å²) in [4.78, 5) is 38.5. The van der Waals surface area contributed by atoms with Crippen LogP contribution in [0, 0.1) is 12.7 Å². The molecule has 3 rings (SSSR count). The van der Waals surface area contributed by atoms with Gasteiger partial charge >= 0.3 is 37.7 Å². The van der Waals surface area contributed by atoms with Crippen molar-refractivity contribution < 1.29 is 61.5 Å². The van der Waals surface area contributed by atoms with Crippen molar-refractivity contribution in [3.05, 3.63) is 70.4 Å². The number of hydrogen-bond acceptors (Lipinski definition) is 16. The van der Waals surface area contributed by atoms with Crippen LogP contribution in [-0.2, 0) is 29.6 Å². The second kappa shape index (κ2) is 24.2. The third kappa shape index (κ3) is 17.9. The van der Waals surface area contributed by atoms with E-state index in [1.807, 2.05) is 27.7 Å². The Labute approximate surface area is 386 Å². The van der Waals surface area contributed by atoms with Gasteiger partial charge in [0.25, 0.3) is 0 Å². The molecule has 0 aliphatic heterocycles. The Hall–Kier alpha value is -3.67. The van der Waals surface area contributed by atoms with Gasteiger partial charge in [0, 0.05) is 68.4 Å². The molecule has 22 heteroatoms. The van der Waals surface area contributed by atoms with Crippen LogP contribution in [0.15, 0.2) is 36.4 Å². The fourth-order valence-corrected chi connectivity index (χ4v) is 6.16. The number of carbonyl (C=O) groups is 2. The Morgan fingerprint density at radius 1 is 0.705 bits per heavy atom. The first-order valence-electron chi connectivity index (χ1n) is 18.5. The summed E-state index contributed by atoms with van der Waals surface area (Å²) < 4.78 is 63.0. The van der Waals surface area contributed by atoms with E-state index in [2.05, 4.69) is 19.9 Å². The van der Waals surface area contributed by atoms with Crippen molar-refractivity contribution in [1.29, 1.82) is 0 Å². The van der Waals surface area contributed by atoms with E-state index in [0.29, 0.717) is 39.5 Å². The van der Waals surface area contributed by atoms with Crippen LogP contribution in [0.3, 0.4) is 0 Å². The molecule has 332 valence electrons. The van der Waals surface area contributed by atoms with Crippen molar-refractivity contribution in [2.75, 3.05) is 35.2 Å². The van der Waals surface area contributed by atoms with Crippen LogP contribution in [0.25, 0.3) is 23.4 Å². The summed E-state index contributed by atoms with van der Waals surface area (Å²) in [6.07, 6.45) is 1.63. The average molecular weight is 921 g/mol. The van der Waals surface area contributed by atoms with Crippen molar-refractivity contribution in [2.24, 2.45) is 0 Å². The molecule has 2 heterocycles. The van der Waals surface area contributed by atoms with Gasteiger partial charge in [-0.1, -0.05) is 52.0 Å². The Balaban J connectivity index is 0.000000613. The van der Waals surface area contributed by atoms with Crippen molar-refractivity contribution in [1.82, 2.24) is 19.9 Å². The Morgan fingerprint density at radius 3 is 1.46 bits per heavy atom. The minimum absolute atomic E-state index is 0. The largest absolute Gasteiger partial charge is 2.00 e. The van der Waals surface area contributed by atoms with E-state index in [0.717, 1.165) is 21.1 Å². The van der Waals surface area contributed by atoms with Gasteiger partial charge in [-0.3, -0.25) is 0 Å². The summed E-state index contributed by atoms with van der Waals surface area (Å²) in [5.74, 6) is -3.52. The molecule has 0 saturated heterocycles. The number of rotatable bonds is 19. The second-order valence-corrected chi connectivity index (χ2v) is 18.7. The smallest absolute Gasteiger partial charge is 0.550 e. The Kier molecular flexibility index (Phi) is 22.0. The maximum atomic E-state index is 13.5. The number of halogens is 1. The molecular formula is C39H53CaFN6O12S2. The van der Waals surface area contributed by atoms with E-state index in [4.69, 9.17) is 0 Å². The zero-order valence-electron chi connectivity index (χ0n) is 35.6. The molecule has 18 nitrogen and oxygen atoms in total. The maximum absolute atomic E-state index is 13.5. The van der Waals surface area contributed by atoms with Crippen LogP contribution < -0.4 is 18.8 Å².